The molecule has 2 rings (SSSR count). The Morgan fingerprint density at radius 3 is 0.889 bits per heavy atom. The molecule has 0 saturated carbocycles. The van der Waals surface area contributed by atoms with Gasteiger partial charge in [-0.2, -0.15) is 0 Å². The van der Waals surface area contributed by atoms with Crippen LogP contribution in [-0.2, 0) is 18.9 Å². The van der Waals surface area contributed by atoms with Crippen LogP contribution in [0.5, 0.6) is 0 Å². The second-order valence-corrected chi connectivity index (χ2v) is 4.54. The molecule has 2 heteroatoms. The van der Waals surface area contributed by atoms with E-state index in [1.807, 2.05) is 0 Å². The van der Waals surface area contributed by atoms with Crippen molar-refractivity contribution in [3.8, 4) is 23.7 Å². The summed E-state index contributed by atoms with van der Waals surface area (Å²) in [6.07, 6.45) is 15.5. The maximum atomic E-state index is 3.14. The van der Waals surface area contributed by atoms with Crippen molar-refractivity contribution in [2.75, 3.05) is 0 Å². The summed E-state index contributed by atoms with van der Waals surface area (Å²) < 4.78 is 0. The first kappa shape index (κ1) is 18.3. The van der Waals surface area contributed by atoms with Crippen molar-refractivity contribution in [2.45, 2.75) is 77.0 Å². The van der Waals surface area contributed by atoms with E-state index in [4.69, 9.17) is 0 Å². The zero-order valence-electron chi connectivity index (χ0n) is 11.2. The molecular formula is C16H24AuBr. The van der Waals surface area contributed by atoms with Gasteiger partial charge in [0.2, 0.25) is 0 Å². The van der Waals surface area contributed by atoms with E-state index in [9.17, 15) is 0 Å². The summed E-state index contributed by atoms with van der Waals surface area (Å²) in [5.74, 6) is 12.5. The zero-order chi connectivity index (χ0) is 13.3. The minimum atomic E-state index is 1.14. The first-order chi connectivity index (χ1) is 9.00. The van der Waals surface area contributed by atoms with Crippen LogP contribution in [-0.4, -0.2) is 0 Å². The summed E-state index contributed by atoms with van der Waals surface area (Å²) in [7, 11) is 0. The molecule has 0 amide bonds. The van der Waals surface area contributed by atoms with E-state index >= 15 is 0 Å². The second kappa shape index (κ2) is 17.3. The summed E-state index contributed by atoms with van der Waals surface area (Å²) in [6, 6.07) is 0. The second-order valence-electron chi connectivity index (χ2n) is 4.54. The molecule has 0 unspecified atom stereocenters. The summed E-state index contributed by atoms with van der Waals surface area (Å²) in [6.45, 7) is 0. The molecular weight excluding hydrogens is 469 g/mol. The molecule has 2 aliphatic carbocycles. The Kier molecular flexibility index (Phi) is 17.7. The van der Waals surface area contributed by atoms with Gasteiger partial charge in [-0.25, -0.2) is 0 Å². The molecule has 106 valence electrons. The van der Waals surface area contributed by atoms with E-state index in [1.165, 1.54) is 51.4 Å². The van der Waals surface area contributed by atoms with E-state index < -0.39 is 0 Å². The molecule has 0 fully saturated rings. The summed E-state index contributed by atoms with van der Waals surface area (Å²) in [4.78, 5) is 0. The van der Waals surface area contributed by atoms with Gasteiger partial charge in [0.25, 0.3) is 0 Å². The van der Waals surface area contributed by atoms with Gasteiger partial charge in [-0.05, 0) is 25.7 Å². The molecule has 0 aromatic carbocycles. The van der Waals surface area contributed by atoms with Gasteiger partial charge in [0, 0.05) is 25.7 Å². The monoisotopic (exact) mass is 492 g/mol. The average Bonchev–Trinajstić information content (AvgIpc) is 2.30. The van der Waals surface area contributed by atoms with Crippen LogP contribution in [0.2, 0.25) is 0 Å². The Labute approximate surface area is 132 Å². The van der Waals surface area contributed by atoms with Gasteiger partial charge in [-0.15, -0.1) is 23.7 Å². The predicted molar refractivity (Wildman–Crippen MR) is 79.9 cm³/mol. The standard InChI is InChI=1S/2C8H12.Au.BrH/c2*1-2-4-6-8-7-5-3-1;;/h2*1-6H2;;1H/q;;+1;/p-1. The fourth-order valence-corrected chi connectivity index (χ4v) is 1.91. The van der Waals surface area contributed by atoms with Crippen molar-refractivity contribution in [1.29, 1.82) is 0 Å². The topological polar surface area (TPSA) is 0 Å². The molecule has 0 radical (unpaired) electrons. The van der Waals surface area contributed by atoms with E-state index in [0.29, 0.717) is 0 Å². The molecule has 0 aliphatic heterocycles. The van der Waals surface area contributed by atoms with Crippen molar-refractivity contribution in [3.05, 3.63) is 0 Å². The van der Waals surface area contributed by atoms with Crippen LogP contribution in [0.15, 0.2) is 0 Å². The van der Waals surface area contributed by atoms with Crippen molar-refractivity contribution in [3.63, 3.8) is 0 Å². The molecule has 0 spiro atoms. The van der Waals surface area contributed by atoms with E-state index in [2.05, 4.69) is 55.6 Å². The van der Waals surface area contributed by atoms with Crippen LogP contribution >= 0.6 is 13.0 Å². The van der Waals surface area contributed by atoms with E-state index in [0.717, 1.165) is 25.7 Å². The quantitative estimate of drug-likeness (QED) is 0.308. The molecule has 0 heterocycles. The minimum absolute atomic E-state index is 1.14. The molecule has 0 aromatic rings. The van der Waals surface area contributed by atoms with Crippen LogP contribution in [0.3, 0.4) is 0 Å². The predicted octanol–water partition coefficient (Wildman–Crippen LogP) is 5.53. The van der Waals surface area contributed by atoms with Crippen LogP contribution in [0.1, 0.15) is 77.0 Å². The Balaban J connectivity index is 0.000000283. The molecule has 0 saturated heterocycles. The normalized spacial score (nSPS) is 18.2. The number of rotatable bonds is 0. The number of hydrogen-bond acceptors (Lipinski definition) is 0. The molecule has 0 bridgehead atoms. The van der Waals surface area contributed by atoms with Gasteiger partial charge in [0.15, 0.2) is 0 Å². The fourth-order valence-electron chi connectivity index (χ4n) is 1.91. The van der Waals surface area contributed by atoms with Crippen LogP contribution in [0.25, 0.3) is 0 Å². The van der Waals surface area contributed by atoms with Gasteiger partial charge in [-0.3, -0.25) is 0 Å². The van der Waals surface area contributed by atoms with E-state index in [1.54, 1.807) is 0 Å². The first-order valence-electron chi connectivity index (χ1n) is 7.03. The average molecular weight is 493 g/mol. The Hall–Kier alpha value is 0.340. The van der Waals surface area contributed by atoms with Gasteiger partial charge in [-0.1, -0.05) is 25.7 Å². The third kappa shape index (κ3) is 14.4. The Bertz CT molecular complexity index is 223. The van der Waals surface area contributed by atoms with Crippen molar-refractivity contribution >= 4 is 13.0 Å². The summed E-state index contributed by atoms with van der Waals surface area (Å²) in [5.41, 5.74) is 0. The Morgan fingerprint density at radius 2 is 0.667 bits per heavy atom. The van der Waals surface area contributed by atoms with Crippen molar-refractivity contribution in [1.82, 2.24) is 0 Å². The van der Waals surface area contributed by atoms with Crippen LogP contribution in [0.4, 0.5) is 0 Å². The summed E-state index contributed by atoms with van der Waals surface area (Å²) >= 11 is 4.97. The Morgan fingerprint density at radius 1 is 0.444 bits per heavy atom. The third-order valence-corrected chi connectivity index (χ3v) is 2.96. The third-order valence-electron chi connectivity index (χ3n) is 2.96. The first-order valence-corrected chi connectivity index (χ1v) is 11.8. The van der Waals surface area contributed by atoms with Crippen molar-refractivity contribution in [2.24, 2.45) is 0 Å². The van der Waals surface area contributed by atoms with Gasteiger partial charge in [0.05, 0.1) is 0 Å². The van der Waals surface area contributed by atoms with Gasteiger partial charge in [0.1, 0.15) is 0 Å². The molecule has 0 aromatic heterocycles. The molecule has 0 atom stereocenters. The number of halogens is 1. The molecule has 2 aliphatic rings. The fraction of sp³-hybridized carbons (Fsp3) is 0.750. The zero-order valence-corrected chi connectivity index (χ0v) is 14.9. The van der Waals surface area contributed by atoms with Gasteiger partial charge >= 0.3 is 32.0 Å². The molecule has 0 nitrogen and oxygen atoms in total. The van der Waals surface area contributed by atoms with Crippen molar-refractivity contribution < 1.29 is 18.9 Å². The van der Waals surface area contributed by atoms with Crippen LogP contribution in [0, 0.1) is 23.7 Å². The number of hydrogen-bond donors (Lipinski definition) is 0. The van der Waals surface area contributed by atoms with E-state index in [-0.39, 0.29) is 0 Å². The molecule has 0 N–H and O–H groups in total. The summed E-state index contributed by atoms with van der Waals surface area (Å²) in [5, 5.41) is 0. The van der Waals surface area contributed by atoms with Gasteiger partial charge < -0.3 is 0 Å². The SMILES string of the molecule is C1#CCCCCCC1.C1#CCCCCCC1.[Br][Au]. The molecule has 18 heavy (non-hydrogen) atoms. The van der Waals surface area contributed by atoms with Crippen LogP contribution < -0.4 is 0 Å². The maximum absolute atomic E-state index is 3.14.